The zero-order valence-electron chi connectivity index (χ0n) is 12.4. The van der Waals surface area contributed by atoms with Crippen LogP contribution in [0.3, 0.4) is 0 Å². The number of oxazole rings is 1. The molecule has 0 N–H and O–H groups in total. The van der Waals surface area contributed by atoms with Crippen LogP contribution < -0.4 is 0 Å². The number of hydrogen-bond acceptors (Lipinski definition) is 5. The minimum atomic E-state index is -0.475. The Morgan fingerprint density at radius 2 is 2.20 bits per heavy atom. The van der Waals surface area contributed by atoms with Crippen molar-refractivity contribution in [1.82, 2.24) is 14.8 Å². The second kappa shape index (κ2) is 5.48. The third-order valence-corrected chi connectivity index (χ3v) is 3.13. The molecule has 0 amide bonds. The van der Waals surface area contributed by atoms with E-state index in [0.717, 1.165) is 11.3 Å². The Balaban J connectivity index is 2.49. The molecular weight excluding hydrogens is 258 g/mol. The Kier molecular flexibility index (Phi) is 3.92. The van der Waals surface area contributed by atoms with Gasteiger partial charge in [0.2, 0.25) is 11.7 Å². The minimum absolute atomic E-state index is 0.0730. The van der Waals surface area contributed by atoms with Gasteiger partial charge in [-0.15, -0.1) is 0 Å². The van der Waals surface area contributed by atoms with Crippen LogP contribution in [0, 0.1) is 6.92 Å². The Labute approximate surface area is 117 Å². The van der Waals surface area contributed by atoms with Crippen LogP contribution in [0.25, 0.3) is 11.5 Å². The fourth-order valence-corrected chi connectivity index (χ4v) is 1.89. The van der Waals surface area contributed by atoms with Gasteiger partial charge in [0.15, 0.2) is 0 Å². The lowest BCUT2D eigenvalue weighted by atomic mass is 10.1. The number of esters is 1. The van der Waals surface area contributed by atoms with E-state index in [1.165, 1.54) is 0 Å². The summed E-state index contributed by atoms with van der Waals surface area (Å²) in [6.45, 7) is 7.90. The van der Waals surface area contributed by atoms with Gasteiger partial charge in [0.05, 0.1) is 24.1 Å². The van der Waals surface area contributed by atoms with E-state index >= 15 is 0 Å². The van der Waals surface area contributed by atoms with Gasteiger partial charge in [-0.05, 0) is 19.8 Å². The van der Waals surface area contributed by atoms with Crippen LogP contribution in [0.15, 0.2) is 10.6 Å². The molecule has 20 heavy (non-hydrogen) atoms. The first-order valence-electron chi connectivity index (χ1n) is 6.62. The molecule has 0 radical (unpaired) electrons. The molecule has 0 aliphatic rings. The highest BCUT2D eigenvalue weighted by Gasteiger charge is 2.25. The highest BCUT2D eigenvalue weighted by atomic mass is 16.5. The standard InChI is InChI=1S/C14H19N3O3/c1-6-19-14(18)12-11(8(2)3)16-13(20-12)10-7-15-17(5)9(10)4/h7-8H,6H2,1-5H3. The number of hydrogen-bond donors (Lipinski definition) is 0. The maximum absolute atomic E-state index is 11.9. The Morgan fingerprint density at radius 3 is 2.70 bits per heavy atom. The number of aromatic nitrogens is 3. The van der Waals surface area contributed by atoms with Gasteiger partial charge < -0.3 is 9.15 Å². The van der Waals surface area contributed by atoms with Crippen molar-refractivity contribution in [3.63, 3.8) is 0 Å². The summed E-state index contributed by atoms with van der Waals surface area (Å²) in [6.07, 6.45) is 1.68. The molecule has 2 rings (SSSR count). The second-order valence-electron chi connectivity index (χ2n) is 4.88. The maximum Gasteiger partial charge on any atom is 0.376 e. The molecule has 0 aromatic carbocycles. The van der Waals surface area contributed by atoms with E-state index in [4.69, 9.17) is 9.15 Å². The average Bonchev–Trinajstić information content (AvgIpc) is 2.95. The third kappa shape index (κ3) is 2.45. The molecular formula is C14H19N3O3. The van der Waals surface area contributed by atoms with Gasteiger partial charge in [0.1, 0.15) is 0 Å². The van der Waals surface area contributed by atoms with Gasteiger partial charge in [-0.25, -0.2) is 9.78 Å². The van der Waals surface area contributed by atoms with Gasteiger partial charge in [-0.2, -0.15) is 5.10 Å². The summed E-state index contributed by atoms with van der Waals surface area (Å²) >= 11 is 0. The molecule has 2 aromatic rings. The molecule has 0 fully saturated rings. The van der Waals surface area contributed by atoms with Crippen molar-refractivity contribution in [3.8, 4) is 11.5 Å². The van der Waals surface area contributed by atoms with Crippen LogP contribution in [0.4, 0.5) is 0 Å². The van der Waals surface area contributed by atoms with Crippen LogP contribution in [0.5, 0.6) is 0 Å². The summed E-state index contributed by atoms with van der Waals surface area (Å²) in [4.78, 5) is 16.4. The summed E-state index contributed by atoms with van der Waals surface area (Å²) in [6, 6.07) is 0. The fourth-order valence-electron chi connectivity index (χ4n) is 1.89. The van der Waals surface area contributed by atoms with E-state index in [1.54, 1.807) is 17.8 Å². The molecule has 6 heteroatoms. The molecule has 0 unspecified atom stereocenters. The van der Waals surface area contributed by atoms with Crippen LogP contribution >= 0.6 is 0 Å². The summed E-state index contributed by atoms with van der Waals surface area (Å²) in [5, 5.41) is 4.16. The number of aryl methyl sites for hydroxylation is 1. The van der Waals surface area contributed by atoms with Crippen LogP contribution in [0.1, 0.15) is 48.6 Å². The van der Waals surface area contributed by atoms with Crippen molar-refractivity contribution in [2.75, 3.05) is 6.61 Å². The summed E-state index contributed by atoms with van der Waals surface area (Å²) < 4.78 is 12.4. The topological polar surface area (TPSA) is 70.2 Å². The Morgan fingerprint density at radius 1 is 1.50 bits per heavy atom. The molecule has 0 bridgehead atoms. The summed E-state index contributed by atoms with van der Waals surface area (Å²) in [7, 11) is 1.84. The lowest BCUT2D eigenvalue weighted by molar-refractivity contribution is 0.0488. The molecule has 0 saturated heterocycles. The quantitative estimate of drug-likeness (QED) is 0.803. The first kappa shape index (κ1) is 14.3. The third-order valence-electron chi connectivity index (χ3n) is 3.13. The van der Waals surface area contributed by atoms with Crippen molar-refractivity contribution in [1.29, 1.82) is 0 Å². The van der Waals surface area contributed by atoms with Crippen molar-refractivity contribution >= 4 is 5.97 Å². The van der Waals surface area contributed by atoms with Crippen LogP contribution in [-0.2, 0) is 11.8 Å². The van der Waals surface area contributed by atoms with Crippen LogP contribution in [-0.4, -0.2) is 27.3 Å². The predicted molar refractivity (Wildman–Crippen MR) is 73.5 cm³/mol. The van der Waals surface area contributed by atoms with E-state index in [2.05, 4.69) is 10.1 Å². The van der Waals surface area contributed by atoms with Crippen molar-refractivity contribution < 1.29 is 13.9 Å². The van der Waals surface area contributed by atoms with E-state index in [0.29, 0.717) is 18.2 Å². The Bertz CT molecular complexity index is 626. The second-order valence-corrected chi connectivity index (χ2v) is 4.88. The van der Waals surface area contributed by atoms with E-state index in [-0.39, 0.29) is 11.7 Å². The molecule has 6 nitrogen and oxygen atoms in total. The van der Waals surface area contributed by atoms with Crippen molar-refractivity contribution in [2.24, 2.45) is 7.05 Å². The van der Waals surface area contributed by atoms with E-state index < -0.39 is 5.97 Å². The van der Waals surface area contributed by atoms with Gasteiger partial charge in [-0.3, -0.25) is 4.68 Å². The molecule has 2 heterocycles. The van der Waals surface area contributed by atoms with Crippen LogP contribution in [0.2, 0.25) is 0 Å². The van der Waals surface area contributed by atoms with Gasteiger partial charge in [0.25, 0.3) is 0 Å². The zero-order chi connectivity index (χ0) is 14.9. The zero-order valence-corrected chi connectivity index (χ0v) is 12.4. The average molecular weight is 277 g/mol. The molecule has 0 aliphatic carbocycles. The Hall–Kier alpha value is -2.11. The molecule has 2 aromatic heterocycles. The normalized spacial score (nSPS) is 11.1. The van der Waals surface area contributed by atoms with Gasteiger partial charge in [-0.1, -0.05) is 13.8 Å². The summed E-state index contributed by atoms with van der Waals surface area (Å²) in [5.74, 6) is 0.183. The highest BCUT2D eigenvalue weighted by molar-refractivity contribution is 5.88. The van der Waals surface area contributed by atoms with Gasteiger partial charge in [0, 0.05) is 12.7 Å². The number of rotatable bonds is 4. The first-order chi connectivity index (χ1) is 9.45. The minimum Gasteiger partial charge on any atom is -0.460 e. The smallest absolute Gasteiger partial charge is 0.376 e. The SMILES string of the molecule is CCOC(=O)c1oc(-c2cnn(C)c2C)nc1C(C)C. The monoisotopic (exact) mass is 277 g/mol. The van der Waals surface area contributed by atoms with Crippen molar-refractivity contribution in [2.45, 2.75) is 33.6 Å². The number of nitrogens with zero attached hydrogens (tertiary/aromatic N) is 3. The molecule has 0 spiro atoms. The molecule has 0 aliphatic heterocycles. The predicted octanol–water partition coefficient (Wildman–Crippen LogP) is 2.68. The largest absolute Gasteiger partial charge is 0.460 e. The molecule has 0 saturated carbocycles. The number of carbonyl (C=O) groups excluding carboxylic acids is 1. The number of ether oxygens (including phenoxy) is 1. The van der Waals surface area contributed by atoms with E-state index in [9.17, 15) is 4.79 Å². The molecule has 0 atom stereocenters. The van der Waals surface area contributed by atoms with Gasteiger partial charge >= 0.3 is 5.97 Å². The highest BCUT2D eigenvalue weighted by Crippen LogP contribution is 2.28. The maximum atomic E-state index is 11.9. The number of carbonyl (C=O) groups is 1. The lowest BCUT2D eigenvalue weighted by Crippen LogP contribution is -2.07. The first-order valence-corrected chi connectivity index (χ1v) is 6.62. The molecule has 108 valence electrons. The fraction of sp³-hybridized carbons (Fsp3) is 0.500. The lowest BCUT2D eigenvalue weighted by Gasteiger charge is -2.02. The summed E-state index contributed by atoms with van der Waals surface area (Å²) in [5.41, 5.74) is 2.32. The van der Waals surface area contributed by atoms with E-state index in [1.807, 2.05) is 27.8 Å². The van der Waals surface area contributed by atoms with Crippen molar-refractivity contribution in [3.05, 3.63) is 23.3 Å².